The smallest absolute Gasteiger partial charge is 0.416 e. The largest absolute Gasteiger partial charge is 0.462 e. The van der Waals surface area contributed by atoms with E-state index >= 15 is 0 Å². The van der Waals surface area contributed by atoms with Crippen LogP contribution >= 0.6 is 22.9 Å². The summed E-state index contributed by atoms with van der Waals surface area (Å²) >= 11 is 6.87. The number of alkyl halides is 3. The van der Waals surface area contributed by atoms with E-state index in [1.165, 1.54) is 35.0 Å². The summed E-state index contributed by atoms with van der Waals surface area (Å²) < 4.78 is 73.1. The summed E-state index contributed by atoms with van der Waals surface area (Å²) in [6, 6.07) is 8.23. The summed E-state index contributed by atoms with van der Waals surface area (Å²) in [5, 5.41) is 2.77. The molecule has 1 N–H and O–H groups in total. The zero-order valence-electron chi connectivity index (χ0n) is 23.1. The Morgan fingerprint density at radius 3 is 2.47 bits per heavy atom. The van der Waals surface area contributed by atoms with Crippen molar-refractivity contribution in [2.24, 2.45) is 0 Å². The highest BCUT2D eigenvalue weighted by atomic mass is 35.5. The van der Waals surface area contributed by atoms with Crippen LogP contribution in [0.15, 0.2) is 46.7 Å². The third kappa shape index (κ3) is 7.85. The molecule has 2 fully saturated rings. The minimum absolute atomic E-state index is 0.0401. The third-order valence-corrected chi connectivity index (χ3v) is 11.0. The molecular formula is C28H31ClF3N5O4S2. The van der Waals surface area contributed by atoms with Gasteiger partial charge >= 0.3 is 12.2 Å². The Hall–Kier alpha value is -2.78. The van der Waals surface area contributed by atoms with Gasteiger partial charge in [-0.1, -0.05) is 30.2 Å². The summed E-state index contributed by atoms with van der Waals surface area (Å²) in [7, 11) is -3.90. The highest BCUT2D eigenvalue weighted by Crippen LogP contribution is 2.33. The molecule has 1 unspecified atom stereocenters. The summed E-state index contributed by atoms with van der Waals surface area (Å²) in [6.07, 6.45) is -0.126. The highest BCUT2D eigenvalue weighted by Gasteiger charge is 2.40. The molecule has 9 nitrogen and oxygen atoms in total. The monoisotopic (exact) mass is 657 g/mol. The Balaban J connectivity index is 1.31. The lowest BCUT2D eigenvalue weighted by Crippen LogP contribution is -2.45. The number of rotatable bonds is 10. The van der Waals surface area contributed by atoms with Crippen LogP contribution in [-0.4, -0.2) is 72.3 Å². The van der Waals surface area contributed by atoms with Crippen molar-refractivity contribution in [3.05, 3.63) is 58.1 Å². The van der Waals surface area contributed by atoms with Crippen molar-refractivity contribution < 1.29 is 31.1 Å². The second-order valence-corrected chi connectivity index (χ2v) is 14.2. The SMILES string of the molecule is O=C(NCc1cc(-c2ccc(C(F)(F)F)cc2)nc(OCCN2CCCCC2)n1)C1CCCN1S(=O)(=O)c1ccc(Cl)s1. The fourth-order valence-electron chi connectivity index (χ4n) is 5.19. The zero-order chi connectivity index (χ0) is 30.6. The van der Waals surface area contributed by atoms with Gasteiger partial charge in [0, 0.05) is 18.7 Å². The summed E-state index contributed by atoms with van der Waals surface area (Å²) in [6.45, 7) is 3.12. The summed E-state index contributed by atoms with van der Waals surface area (Å²) in [4.78, 5) is 24.3. The number of sulfonamides is 1. The predicted octanol–water partition coefficient (Wildman–Crippen LogP) is 5.21. The van der Waals surface area contributed by atoms with E-state index < -0.39 is 33.7 Å². The average molecular weight is 658 g/mol. The van der Waals surface area contributed by atoms with Gasteiger partial charge in [-0.2, -0.15) is 27.4 Å². The molecule has 0 spiro atoms. The molecular weight excluding hydrogens is 627 g/mol. The number of benzene rings is 1. The van der Waals surface area contributed by atoms with Crippen molar-refractivity contribution in [3.8, 4) is 17.3 Å². The van der Waals surface area contributed by atoms with Crippen molar-refractivity contribution in [2.75, 3.05) is 32.8 Å². The average Bonchev–Trinajstić information content (AvgIpc) is 3.67. The number of hydrogen-bond donors (Lipinski definition) is 1. The van der Waals surface area contributed by atoms with Gasteiger partial charge in [-0.3, -0.25) is 9.69 Å². The molecule has 4 heterocycles. The van der Waals surface area contributed by atoms with Gasteiger partial charge in [0.25, 0.3) is 10.0 Å². The maximum atomic E-state index is 13.2. The summed E-state index contributed by atoms with van der Waals surface area (Å²) in [5.74, 6) is -0.481. The molecule has 0 radical (unpaired) electrons. The molecule has 232 valence electrons. The Morgan fingerprint density at radius 2 is 1.79 bits per heavy atom. The van der Waals surface area contributed by atoms with E-state index in [2.05, 4.69) is 20.2 Å². The van der Waals surface area contributed by atoms with Gasteiger partial charge in [-0.15, -0.1) is 11.3 Å². The van der Waals surface area contributed by atoms with E-state index in [1.54, 1.807) is 6.07 Å². The van der Waals surface area contributed by atoms with Gasteiger partial charge in [-0.05, 0) is 69.1 Å². The number of hydrogen-bond acceptors (Lipinski definition) is 8. The van der Waals surface area contributed by atoms with Crippen molar-refractivity contribution >= 4 is 38.9 Å². The number of halogens is 4. The van der Waals surface area contributed by atoms with Crippen LogP contribution in [0.2, 0.25) is 4.34 Å². The van der Waals surface area contributed by atoms with E-state index in [0.717, 1.165) is 49.4 Å². The zero-order valence-corrected chi connectivity index (χ0v) is 25.5. The van der Waals surface area contributed by atoms with E-state index in [9.17, 15) is 26.4 Å². The second-order valence-electron chi connectivity index (χ2n) is 10.4. The normalized spacial score (nSPS) is 18.6. The number of carbonyl (C=O) groups excluding carboxylic acids is 1. The number of ether oxygens (including phenoxy) is 1. The van der Waals surface area contributed by atoms with Gasteiger partial charge in [0.05, 0.1) is 27.8 Å². The molecule has 2 saturated heterocycles. The molecule has 1 amide bonds. The second kappa shape index (κ2) is 13.5. The predicted molar refractivity (Wildman–Crippen MR) is 156 cm³/mol. The lowest BCUT2D eigenvalue weighted by molar-refractivity contribution is -0.137. The first-order valence-electron chi connectivity index (χ1n) is 14.0. The molecule has 2 aliphatic rings. The van der Waals surface area contributed by atoms with Crippen molar-refractivity contribution in [1.29, 1.82) is 0 Å². The van der Waals surface area contributed by atoms with E-state index in [4.69, 9.17) is 16.3 Å². The van der Waals surface area contributed by atoms with Crippen LogP contribution in [0.25, 0.3) is 11.3 Å². The molecule has 43 heavy (non-hydrogen) atoms. The lowest BCUT2D eigenvalue weighted by Gasteiger charge is -2.26. The van der Waals surface area contributed by atoms with Crippen LogP contribution in [-0.2, 0) is 27.5 Å². The van der Waals surface area contributed by atoms with Gasteiger partial charge in [0.1, 0.15) is 16.9 Å². The van der Waals surface area contributed by atoms with Crippen LogP contribution < -0.4 is 10.1 Å². The number of likely N-dealkylation sites (tertiary alicyclic amines) is 1. The number of amides is 1. The Kier molecular flexibility index (Phi) is 9.91. The molecule has 15 heteroatoms. The van der Waals surface area contributed by atoms with Crippen LogP contribution in [0.5, 0.6) is 6.01 Å². The summed E-state index contributed by atoms with van der Waals surface area (Å²) in [5.41, 5.74) is 0.340. The van der Waals surface area contributed by atoms with Crippen molar-refractivity contribution in [1.82, 2.24) is 24.5 Å². The maximum absolute atomic E-state index is 13.2. The molecule has 1 aromatic carbocycles. The van der Waals surface area contributed by atoms with Gasteiger partial charge in [0.2, 0.25) is 5.91 Å². The number of carbonyl (C=O) groups is 1. The van der Waals surface area contributed by atoms with Crippen molar-refractivity contribution in [3.63, 3.8) is 0 Å². The van der Waals surface area contributed by atoms with Gasteiger partial charge in [-0.25, -0.2) is 8.42 Å². The molecule has 2 aromatic heterocycles. The molecule has 5 rings (SSSR count). The first-order valence-corrected chi connectivity index (χ1v) is 16.6. The lowest BCUT2D eigenvalue weighted by atomic mass is 10.1. The molecule has 3 aromatic rings. The molecule has 0 saturated carbocycles. The Labute approximate surface area is 257 Å². The van der Waals surface area contributed by atoms with E-state index in [1.807, 2.05) is 0 Å². The van der Waals surface area contributed by atoms with E-state index in [-0.39, 0.29) is 23.3 Å². The fourth-order valence-corrected chi connectivity index (χ4v) is 8.46. The Bertz CT molecular complexity index is 1530. The quantitative estimate of drug-likeness (QED) is 0.319. The molecule has 2 aliphatic heterocycles. The van der Waals surface area contributed by atoms with E-state index in [0.29, 0.717) is 47.3 Å². The number of piperidine rings is 1. The van der Waals surface area contributed by atoms with Crippen LogP contribution in [0.1, 0.15) is 43.4 Å². The first kappa shape index (κ1) is 31.6. The number of thiophene rings is 1. The minimum Gasteiger partial charge on any atom is -0.462 e. The molecule has 0 bridgehead atoms. The van der Waals surface area contributed by atoms with Crippen molar-refractivity contribution in [2.45, 2.75) is 55.1 Å². The number of nitrogens with zero attached hydrogens (tertiary/aromatic N) is 4. The Morgan fingerprint density at radius 1 is 1.05 bits per heavy atom. The topological polar surface area (TPSA) is 105 Å². The fraction of sp³-hybridized carbons (Fsp3) is 0.464. The van der Waals surface area contributed by atoms with Crippen LogP contribution in [0.3, 0.4) is 0 Å². The first-order chi connectivity index (χ1) is 20.5. The number of nitrogens with one attached hydrogen (secondary N) is 1. The number of aromatic nitrogens is 2. The van der Waals surface area contributed by atoms with Crippen LogP contribution in [0, 0.1) is 0 Å². The van der Waals surface area contributed by atoms with Crippen LogP contribution in [0.4, 0.5) is 13.2 Å². The highest BCUT2D eigenvalue weighted by molar-refractivity contribution is 7.91. The molecule has 1 atom stereocenters. The maximum Gasteiger partial charge on any atom is 0.416 e. The standard InChI is InChI=1S/C28H31ClF3N5O4S2/c29-24-10-11-25(42-24)43(39,40)37-14-4-5-23(37)26(38)33-18-21-17-22(19-6-8-20(9-7-19)28(30,31)32)35-27(34-21)41-16-15-36-12-2-1-3-13-36/h6-11,17,23H,1-5,12-16,18H2,(H,33,38). The third-order valence-electron chi connectivity index (χ3n) is 7.42. The minimum atomic E-state index is -4.47. The van der Waals surface area contributed by atoms with Gasteiger partial charge in [0.15, 0.2) is 0 Å². The van der Waals surface area contributed by atoms with Gasteiger partial charge < -0.3 is 10.1 Å². The molecule has 0 aliphatic carbocycles.